The molecule has 3 aromatic heterocycles. The first-order valence-electron chi connectivity index (χ1n) is 6.01. The maximum Gasteiger partial charge on any atom is 0.268 e. The number of aromatic amines is 1. The first-order valence-corrected chi connectivity index (χ1v) is 8.50. The fourth-order valence-electron chi connectivity index (χ4n) is 2.01. The molecule has 0 amide bonds. The third kappa shape index (κ3) is 3.01. The van der Waals surface area contributed by atoms with E-state index in [2.05, 4.69) is 36.9 Å². The molecule has 104 valence electrons. The topological polar surface area (TPSA) is 49.0 Å². The SMILES string of the molecule is CN(Cc1nc2ccsc2c(=O)[nH]1)Cc1ccc(Br)s1. The van der Waals surface area contributed by atoms with Crippen LogP contribution in [0.25, 0.3) is 10.2 Å². The molecule has 0 radical (unpaired) electrons. The summed E-state index contributed by atoms with van der Waals surface area (Å²) in [5, 5.41) is 1.89. The third-order valence-corrected chi connectivity index (χ3v) is 5.35. The predicted molar refractivity (Wildman–Crippen MR) is 87.4 cm³/mol. The number of fused-ring (bicyclic) bond motifs is 1. The number of thiophene rings is 2. The van der Waals surface area contributed by atoms with Crippen LogP contribution in [-0.4, -0.2) is 21.9 Å². The van der Waals surface area contributed by atoms with Gasteiger partial charge in [-0.2, -0.15) is 0 Å². The summed E-state index contributed by atoms with van der Waals surface area (Å²) in [6.45, 7) is 1.46. The van der Waals surface area contributed by atoms with Gasteiger partial charge in [-0.05, 0) is 46.6 Å². The Hall–Kier alpha value is -1.02. The highest BCUT2D eigenvalue weighted by atomic mass is 79.9. The second-order valence-electron chi connectivity index (χ2n) is 4.53. The fourth-order valence-corrected chi connectivity index (χ4v) is 4.30. The van der Waals surface area contributed by atoms with E-state index in [1.807, 2.05) is 24.6 Å². The van der Waals surface area contributed by atoms with Crippen LogP contribution in [0, 0.1) is 0 Å². The minimum Gasteiger partial charge on any atom is -0.308 e. The number of hydrogen-bond acceptors (Lipinski definition) is 5. The Morgan fingerprint density at radius 1 is 1.35 bits per heavy atom. The zero-order valence-electron chi connectivity index (χ0n) is 10.7. The maximum absolute atomic E-state index is 11.9. The summed E-state index contributed by atoms with van der Waals surface area (Å²) in [6, 6.07) is 6.03. The summed E-state index contributed by atoms with van der Waals surface area (Å²) in [6.07, 6.45) is 0. The van der Waals surface area contributed by atoms with Crippen molar-refractivity contribution < 1.29 is 0 Å². The van der Waals surface area contributed by atoms with Gasteiger partial charge >= 0.3 is 0 Å². The zero-order valence-corrected chi connectivity index (χ0v) is 13.9. The van der Waals surface area contributed by atoms with Gasteiger partial charge in [0.05, 0.1) is 15.8 Å². The molecule has 0 saturated heterocycles. The van der Waals surface area contributed by atoms with Crippen molar-refractivity contribution in [2.24, 2.45) is 0 Å². The predicted octanol–water partition coefficient (Wildman–Crippen LogP) is 3.44. The Morgan fingerprint density at radius 2 is 2.20 bits per heavy atom. The van der Waals surface area contributed by atoms with Crippen molar-refractivity contribution in [3.63, 3.8) is 0 Å². The summed E-state index contributed by atoms with van der Waals surface area (Å²) in [4.78, 5) is 22.7. The van der Waals surface area contributed by atoms with E-state index in [1.165, 1.54) is 16.2 Å². The van der Waals surface area contributed by atoms with Crippen LogP contribution in [0.15, 0.2) is 32.2 Å². The number of H-pyrrole nitrogens is 1. The highest BCUT2D eigenvalue weighted by Crippen LogP contribution is 2.23. The Morgan fingerprint density at radius 3 is 2.95 bits per heavy atom. The van der Waals surface area contributed by atoms with Crippen molar-refractivity contribution in [2.75, 3.05) is 7.05 Å². The van der Waals surface area contributed by atoms with Crippen molar-refractivity contribution >= 4 is 48.8 Å². The molecule has 3 rings (SSSR count). The van der Waals surface area contributed by atoms with E-state index in [0.29, 0.717) is 17.1 Å². The molecule has 1 N–H and O–H groups in total. The Kier molecular flexibility index (Phi) is 4.02. The van der Waals surface area contributed by atoms with Crippen LogP contribution in [0.3, 0.4) is 0 Å². The average molecular weight is 370 g/mol. The maximum atomic E-state index is 11.9. The van der Waals surface area contributed by atoms with Gasteiger partial charge in [0.1, 0.15) is 10.5 Å². The van der Waals surface area contributed by atoms with Gasteiger partial charge in [0.15, 0.2) is 0 Å². The van der Waals surface area contributed by atoms with Gasteiger partial charge in [-0.1, -0.05) is 0 Å². The van der Waals surface area contributed by atoms with Crippen LogP contribution in [-0.2, 0) is 13.1 Å². The smallest absolute Gasteiger partial charge is 0.268 e. The lowest BCUT2D eigenvalue weighted by Crippen LogP contribution is -2.21. The second-order valence-corrected chi connectivity index (χ2v) is 7.99. The van der Waals surface area contributed by atoms with Crippen molar-refractivity contribution in [1.29, 1.82) is 0 Å². The highest BCUT2D eigenvalue weighted by Gasteiger charge is 2.08. The fraction of sp³-hybridized carbons (Fsp3) is 0.231. The molecular weight excluding hydrogens is 358 g/mol. The first-order chi connectivity index (χ1) is 9.61. The van der Waals surface area contributed by atoms with Crippen molar-refractivity contribution in [1.82, 2.24) is 14.9 Å². The molecule has 0 atom stereocenters. The molecule has 3 heterocycles. The molecule has 0 spiro atoms. The van der Waals surface area contributed by atoms with Gasteiger partial charge in [-0.25, -0.2) is 4.98 Å². The summed E-state index contributed by atoms with van der Waals surface area (Å²) >= 11 is 6.60. The van der Waals surface area contributed by atoms with E-state index in [-0.39, 0.29) is 5.56 Å². The molecule has 0 aliphatic rings. The summed E-state index contributed by atoms with van der Waals surface area (Å²) in [5.74, 6) is 0.707. The monoisotopic (exact) mass is 369 g/mol. The standard InChI is InChI=1S/C13H12BrN3OS2/c1-17(6-8-2-3-10(14)20-8)7-11-15-9-4-5-19-12(9)13(18)16-11/h2-5H,6-7H2,1H3,(H,15,16,18). The second kappa shape index (κ2) is 5.77. The van der Waals surface area contributed by atoms with E-state index >= 15 is 0 Å². The zero-order chi connectivity index (χ0) is 14.1. The number of nitrogens with zero attached hydrogens (tertiary/aromatic N) is 2. The Bertz CT molecular complexity index is 792. The van der Waals surface area contributed by atoms with Crippen LogP contribution in [0.5, 0.6) is 0 Å². The third-order valence-electron chi connectivity index (χ3n) is 2.84. The number of hydrogen-bond donors (Lipinski definition) is 1. The molecule has 0 aliphatic heterocycles. The number of rotatable bonds is 4. The Balaban J connectivity index is 1.76. The van der Waals surface area contributed by atoms with E-state index in [1.54, 1.807) is 11.3 Å². The van der Waals surface area contributed by atoms with Gasteiger partial charge < -0.3 is 4.98 Å². The molecule has 0 aromatic carbocycles. The quantitative estimate of drug-likeness (QED) is 0.766. The molecule has 7 heteroatoms. The van der Waals surface area contributed by atoms with E-state index in [4.69, 9.17) is 0 Å². The number of nitrogens with one attached hydrogen (secondary N) is 1. The van der Waals surface area contributed by atoms with E-state index in [0.717, 1.165) is 15.8 Å². The van der Waals surface area contributed by atoms with Crippen molar-refractivity contribution in [3.8, 4) is 0 Å². The largest absolute Gasteiger partial charge is 0.308 e. The molecule has 0 saturated carbocycles. The molecule has 0 bridgehead atoms. The molecule has 20 heavy (non-hydrogen) atoms. The number of halogens is 1. The van der Waals surface area contributed by atoms with Crippen molar-refractivity contribution in [2.45, 2.75) is 13.1 Å². The van der Waals surface area contributed by atoms with Crippen LogP contribution < -0.4 is 5.56 Å². The molecule has 4 nitrogen and oxygen atoms in total. The van der Waals surface area contributed by atoms with Crippen molar-refractivity contribution in [3.05, 3.63) is 48.4 Å². The minimum absolute atomic E-state index is 0.0488. The summed E-state index contributed by atoms with van der Waals surface area (Å²) < 4.78 is 1.82. The van der Waals surface area contributed by atoms with Gasteiger partial charge in [0.25, 0.3) is 5.56 Å². The van der Waals surface area contributed by atoms with E-state index in [9.17, 15) is 4.79 Å². The van der Waals surface area contributed by atoms with Gasteiger partial charge in [-0.3, -0.25) is 9.69 Å². The van der Waals surface area contributed by atoms with Crippen LogP contribution >= 0.6 is 38.6 Å². The van der Waals surface area contributed by atoms with E-state index < -0.39 is 0 Å². The normalized spacial score (nSPS) is 11.6. The molecule has 0 fully saturated rings. The molecule has 0 aliphatic carbocycles. The van der Waals surface area contributed by atoms with Crippen LogP contribution in [0.1, 0.15) is 10.7 Å². The molecular formula is C13H12BrN3OS2. The molecule has 0 unspecified atom stereocenters. The van der Waals surface area contributed by atoms with Gasteiger partial charge in [0.2, 0.25) is 0 Å². The minimum atomic E-state index is -0.0488. The Labute approximate surface area is 132 Å². The number of aromatic nitrogens is 2. The lowest BCUT2D eigenvalue weighted by molar-refractivity contribution is 0.313. The lowest BCUT2D eigenvalue weighted by atomic mass is 10.4. The average Bonchev–Trinajstić information content (AvgIpc) is 2.98. The van der Waals surface area contributed by atoms with Gasteiger partial charge in [0, 0.05) is 11.4 Å². The van der Waals surface area contributed by atoms with Crippen LogP contribution in [0.4, 0.5) is 0 Å². The first kappa shape index (κ1) is 13.9. The summed E-state index contributed by atoms with van der Waals surface area (Å²) in [5.41, 5.74) is 0.730. The van der Waals surface area contributed by atoms with Crippen LogP contribution in [0.2, 0.25) is 0 Å². The lowest BCUT2D eigenvalue weighted by Gasteiger charge is -2.14. The highest BCUT2D eigenvalue weighted by molar-refractivity contribution is 9.11. The van der Waals surface area contributed by atoms with Gasteiger partial charge in [-0.15, -0.1) is 22.7 Å². The summed E-state index contributed by atoms with van der Waals surface area (Å²) in [7, 11) is 2.02. The molecule has 3 aromatic rings.